The number of nitrogens with zero attached hydrogens (tertiary/aromatic N) is 1. The van der Waals surface area contributed by atoms with Crippen molar-refractivity contribution in [1.82, 2.24) is 0 Å². The maximum atomic E-state index is 6.14. The van der Waals surface area contributed by atoms with Crippen LogP contribution >= 0.6 is 23.4 Å². The SMILES string of the molecule is CC(C)N1c2ccccc2Sc2ccc(Cl)cc21. The first kappa shape index (κ1) is 11.9. The van der Waals surface area contributed by atoms with Crippen LogP contribution in [0.15, 0.2) is 52.3 Å². The minimum Gasteiger partial charge on any atom is -0.337 e. The Morgan fingerprint density at radius 1 is 1.00 bits per heavy atom. The third kappa shape index (κ3) is 1.90. The van der Waals surface area contributed by atoms with Gasteiger partial charge in [0.2, 0.25) is 0 Å². The van der Waals surface area contributed by atoms with Gasteiger partial charge in [-0.25, -0.2) is 0 Å². The van der Waals surface area contributed by atoms with E-state index in [1.54, 1.807) is 0 Å². The fourth-order valence-corrected chi connectivity index (χ4v) is 3.53. The minimum atomic E-state index is 0.407. The van der Waals surface area contributed by atoms with Gasteiger partial charge in [0.25, 0.3) is 0 Å². The molecule has 1 heterocycles. The van der Waals surface area contributed by atoms with Gasteiger partial charge in [-0.05, 0) is 44.2 Å². The first-order valence-corrected chi connectivity index (χ1v) is 7.22. The molecule has 0 N–H and O–H groups in total. The van der Waals surface area contributed by atoms with Gasteiger partial charge >= 0.3 is 0 Å². The summed E-state index contributed by atoms with van der Waals surface area (Å²) < 4.78 is 0. The van der Waals surface area contributed by atoms with E-state index in [-0.39, 0.29) is 0 Å². The molecule has 18 heavy (non-hydrogen) atoms. The second-order valence-corrected chi connectivity index (χ2v) is 6.17. The van der Waals surface area contributed by atoms with Crippen molar-refractivity contribution in [1.29, 1.82) is 0 Å². The number of fused-ring (bicyclic) bond motifs is 2. The monoisotopic (exact) mass is 275 g/mol. The zero-order valence-corrected chi connectivity index (χ0v) is 11.9. The summed E-state index contributed by atoms with van der Waals surface area (Å²) in [5.74, 6) is 0. The minimum absolute atomic E-state index is 0.407. The van der Waals surface area contributed by atoms with Crippen LogP contribution in [0.2, 0.25) is 5.02 Å². The lowest BCUT2D eigenvalue weighted by Crippen LogP contribution is -2.27. The summed E-state index contributed by atoms with van der Waals surface area (Å²) >= 11 is 7.95. The van der Waals surface area contributed by atoms with Crippen molar-refractivity contribution < 1.29 is 0 Å². The van der Waals surface area contributed by atoms with E-state index in [9.17, 15) is 0 Å². The van der Waals surface area contributed by atoms with E-state index in [4.69, 9.17) is 11.6 Å². The molecular weight excluding hydrogens is 262 g/mol. The summed E-state index contributed by atoms with van der Waals surface area (Å²) in [6.45, 7) is 4.41. The van der Waals surface area contributed by atoms with Crippen molar-refractivity contribution in [3.8, 4) is 0 Å². The van der Waals surface area contributed by atoms with E-state index < -0.39 is 0 Å². The van der Waals surface area contributed by atoms with Crippen molar-refractivity contribution in [3.05, 3.63) is 47.5 Å². The maximum absolute atomic E-state index is 6.14. The summed E-state index contributed by atoms with van der Waals surface area (Å²) in [5.41, 5.74) is 2.48. The topological polar surface area (TPSA) is 3.24 Å². The van der Waals surface area contributed by atoms with E-state index in [2.05, 4.69) is 55.1 Å². The molecule has 0 radical (unpaired) electrons. The molecule has 1 nitrogen and oxygen atoms in total. The Morgan fingerprint density at radius 3 is 2.50 bits per heavy atom. The van der Waals surface area contributed by atoms with Gasteiger partial charge in [-0.2, -0.15) is 0 Å². The average molecular weight is 276 g/mol. The highest BCUT2D eigenvalue weighted by atomic mass is 35.5. The van der Waals surface area contributed by atoms with Gasteiger partial charge < -0.3 is 4.90 Å². The number of para-hydroxylation sites is 1. The zero-order chi connectivity index (χ0) is 12.7. The van der Waals surface area contributed by atoms with Crippen molar-refractivity contribution in [2.45, 2.75) is 29.7 Å². The second kappa shape index (κ2) is 4.52. The Morgan fingerprint density at radius 2 is 1.72 bits per heavy atom. The lowest BCUT2D eigenvalue weighted by atomic mass is 10.2. The highest BCUT2D eigenvalue weighted by Gasteiger charge is 2.24. The quantitative estimate of drug-likeness (QED) is 0.690. The molecule has 3 heteroatoms. The average Bonchev–Trinajstić information content (AvgIpc) is 2.35. The molecule has 0 amide bonds. The van der Waals surface area contributed by atoms with Gasteiger partial charge in [0.05, 0.1) is 11.4 Å². The lowest BCUT2D eigenvalue weighted by Gasteiger charge is -2.35. The predicted octanol–water partition coefficient (Wildman–Crippen LogP) is 5.35. The zero-order valence-electron chi connectivity index (χ0n) is 10.4. The number of hydrogen-bond acceptors (Lipinski definition) is 2. The molecule has 0 atom stereocenters. The predicted molar refractivity (Wildman–Crippen MR) is 79.3 cm³/mol. The number of hydrogen-bond donors (Lipinski definition) is 0. The molecule has 2 aromatic rings. The van der Waals surface area contributed by atoms with Gasteiger partial charge in [0.15, 0.2) is 0 Å². The normalized spacial score (nSPS) is 13.4. The Balaban J connectivity index is 2.21. The van der Waals surface area contributed by atoms with Crippen molar-refractivity contribution in [3.63, 3.8) is 0 Å². The van der Waals surface area contributed by atoms with Crippen LogP contribution in [0.4, 0.5) is 11.4 Å². The Labute approximate surface area is 117 Å². The molecular formula is C15H14ClNS. The summed E-state index contributed by atoms with van der Waals surface area (Å²) in [4.78, 5) is 4.93. The third-order valence-corrected chi connectivity index (χ3v) is 4.41. The van der Waals surface area contributed by atoms with Crippen LogP contribution in [0.5, 0.6) is 0 Å². The maximum Gasteiger partial charge on any atom is 0.0570 e. The Hall–Kier alpha value is -1.12. The number of benzene rings is 2. The van der Waals surface area contributed by atoms with E-state index in [1.165, 1.54) is 21.2 Å². The molecule has 3 rings (SSSR count). The van der Waals surface area contributed by atoms with Crippen molar-refractivity contribution >= 4 is 34.7 Å². The molecule has 1 aliphatic rings. The summed E-state index contributed by atoms with van der Waals surface area (Å²) in [6.07, 6.45) is 0. The molecule has 0 unspecified atom stereocenters. The first-order chi connectivity index (χ1) is 8.66. The van der Waals surface area contributed by atoms with Crippen LogP contribution in [0.25, 0.3) is 0 Å². The lowest BCUT2D eigenvalue weighted by molar-refractivity contribution is 0.773. The molecule has 0 aliphatic carbocycles. The summed E-state index contributed by atoms with van der Waals surface area (Å²) in [6, 6.07) is 15.0. The number of anilines is 2. The fraction of sp³-hybridized carbons (Fsp3) is 0.200. The van der Waals surface area contributed by atoms with Crippen LogP contribution in [0.1, 0.15) is 13.8 Å². The van der Waals surface area contributed by atoms with Crippen molar-refractivity contribution in [2.75, 3.05) is 4.90 Å². The van der Waals surface area contributed by atoms with E-state index in [0.717, 1.165) is 5.02 Å². The molecule has 0 spiro atoms. The van der Waals surface area contributed by atoms with E-state index in [0.29, 0.717) is 6.04 Å². The van der Waals surface area contributed by atoms with Gasteiger partial charge in [-0.1, -0.05) is 35.5 Å². The van der Waals surface area contributed by atoms with Crippen LogP contribution in [0.3, 0.4) is 0 Å². The van der Waals surface area contributed by atoms with Crippen LogP contribution in [-0.4, -0.2) is 6.04 Å². The smallest absolute Gasteiger partial charge is 0.0570 e. The number of rotatable bonds is 1. The highest BCUT2D eigenvalue weighted by Crippen LogP contribution is 2.49. The molecule has 2 aromatic carbocycles. The van der Waals surface area contributed by atoms with E-state index >= 15 is 0 Å². The molecule has 92 valence electrons. The third-order valence-electron chi connectivity index (χ3n) is 3.04. The standard InChI is InChI=1S/C15H14ClNS/c1-10(2)17-12-5-3-4-6-14(12)18-15-8-7-11(16)9-13(15)17/h3-10H,1-2H3. The molecule has 0 saturated heterocycles. The van der Waals surface area contributed by atoms with E-state index in [1.807, 2.05) is 17.8 Å². The van der Waals surface area contributed by atoms with Crippen LogP contribution < -0.4 is 4.90 Å². The molecule has 0 fully saturated rings. The largest absolute Gasteiger partial charge is 0.337 e. The first-order valence-electron chi connectivity index (χ1n) is 6.02. The van der Waals surface area contributed by atoms with Gasteiger partial charge in [-0.15, -0.1) is 0 Å². The van der Waals surface area contributed by atoms with Crippen LogP contribution in [-0.2, 0) is 0 Å². The second-order valence-electron chi connectivity index (χ2n) is 4.65. The summed E-state index contributed by atoms with van der Waals surface area (Å²) in [7, 11) is 0. The highest BCUT2D eigenvalue weighted by molar-refractivity contribution is 7.99. The Bertz CT molecular complexity index is 595. The number of halogens is 1. The van der Waals surface area contributed by atoms with Crippen LogP contribution in [0, 0.1) is 0 Å². The molecule has 1 aliphatic heterocycles. The fourth-order valence-electron chi connectivity index (χ4n) is 2.31. The Kier molecular flexibility index (Phi) is 3.00. The van der Waals surface area contributed by atoms with Gasteiger partial charge in [0.1, 0.15) is 0 Å². The summed E-state index contributed by atoms with van der Waals surface area (Å²) in [5, 5.41) is 0.791. The van der Waals surface area contributed by atoms with Gasteiger partial charge in [-0.3, -0.25) is 0 Å². The van der Waals surface area contributed by atoms with Crippen molar-refractivity contribution in [2.24, 2.45) is 0 Å². The molecule has 0 aromatic heterocycles. The molecule has 0 bridgehead atoms. The van der Waals surface area contributed by atoms with Gasteiger partial charge in [0, 0.05) is 20.9 Å². The molecule has 0 saturated carbocycles.